The molecule has 2 rings (SSSR count). The Balaban J connectivity index is 2.18. The van der Waals surface area contributed by atoms with Gasteiger partial charge in [0, 0.05) is 10.0 Å². The average molecular weight is 341 g/mol. The van der Waals surface area contributed by atoms with E-state index in [2.05, 4.69) is 53.1 Å². The van der Waals surface area contributed by atoms with Crippen molar-refractivity contribution in [1.29, 1.82) is 0 Å². The fourth-order valence-electron chi connectivity index (χ4n) is 1.46. The highest BCUT2D eigenvalue weighted by molar-refractivity contribution is 9.10. The van der Waals surface area contributed by atoms with Crippen molar-refractivity contribution in [1.82, 2.24) is 31.4 Å². The number of tetrazole rings is 1. The summed E-state index contributed by atoms with van der Waals surface area (Å²) in [6.07, 6.45) is 0. The molecule has 0 bridgehead atoms. The van der Waals surface area contributed by atoms with Crippen LogP contribution < -0.4 is 16.6 Å². The molecule has 20 heavy (non-hydrogen) atoms. The zero-order chi connectivity index (χ0) is 14.5. The summed E-state index contributed by atoms with van der Waals surface area (Å²) in [6.45, 7) is 0. The van der Waals surface area contributed by atoms with Gasteiger partial charge in [0.1, 0.15) is 0 Å². The van der Waals surface area contributed by atoms with Crippen LogP contribution in [0.1, 0.15) is 22.2 Å². The van der Waals surface area contributed by atoms with Gasteiger partial charge in [0.2, 0.25) is 5.82 Å². The molecule has 10 heteroatoms. The lowest BCUT2D eigenvalue weighted by molar-refractivity contribution is -0.427. The fraction of sp³-hybridized carbons (Fsp3) is 0.100. The van der Waals surface area contributed by atoms with Crippen LogP contribution in [0.25, 0.3) is 0 Å². The maximum Gasteiger partial charge on any atom is 0.295 e. The quantitative estimate of drug-likeness (QED) is 0.512. The number of amides is 2. The first-order valence-electron chi connectivity index (χ1n) is 5.48. The highest BCUT2D eigenvalue weighted by atomic mass is 79.9. The number of carbonyl (C=O) groups is 2. The van der Waals surface area contributed by atoms with Gasteiger partial charge in [0.25, 0.3) is 11.8 Å². The number of nitrogens with one attached hydrogen (secondary N) is 3. The molecule has 1 atom stereocenters. The van der Waals surface area contributed by atoms with E-state index in [1.807, 2.05) is 0 Å². The van der Waals surface area contributed by atoms with E-state index in [0.29, 0.717) is 5.56 Å². The Morgan fingerprint density at radius 1 is 1.30 bits per heavy atom. The maximum absolute atomic E-state index is 12.1. The Morgan fingerprint density at radius 2 is 2.00 bits per heavy atom. The van der Waals surface area contributed by atoms with Crippen molar-refractivity contribution >= 4 is 27.7 Å². The van der Waals surface area contributed by atoms with Crippen LogP contribution in [0.2, 0.25) is 0 Å². The second-order valence-electron chi connectivity index (χ2n) is 3.72. The van der Waals surface area contributed by atoms with Crippen LogP contribution in [0.15, 0.2) is 28.7 Å². The minimum atomic E-state index is -1.07. The van der Waals surface area contributed by atoms with E-state index in [1.165, 1.54) is 0 Å². The van der Waals surface area contributed by atoms with Crippen molar-refractivity contribution in [2.75, 3.05) is 0 Å². The van der Waals surface area contributed by atoms with E-state index in [-0.39, 0.29) is 5.82 Å². The predicted molar refractivity (Wildman–Crippen MR) is 69.6 cm³/mol. The topological polar surface area (TPSA) is 140 Å². The fourth-order valence-corrected chi connectivity index (χ4v) is 1.72. The number of nitrogens with zero attached hydrogens (tertiary/aromatic N) is 3. The minimum absolute atomic E-state index is 0.0524. The Kier molecular flexibility index (Phi) is 4.38. The SMILES string of the molecule is [NH3+]NC(=O)[C@H](NC(=O)c1ccc(Br)cc1)c1nn[nH]n1. The number of hydrogen-bond acceptors (Lipinski definition) is 5. The molecule has 0 aliphatic heterocycles. The molecule has 1 aromatic carbocycles. The van der Waals surface area contributed by atoms with Crippen molar-refractivity contribution in [2.24, 2.45) is 0 Å². The summed E-state index contributed by atoms with van der Waals surface area (Å²) in [5.74, 6) is 2.34. The van der Waals surface area contributed by atoms with Crippen molar-refractivity contribution in [3.05, 3.63) is 40.1 Å². The number of benzene rings is 1. The number of H-pyrrole nitrogens is 1. The summed E-state index contributed by atoms with van der Waals surface area (Å²) in [5, 5.41) is 15.5. The molecule has 0 saturated heterocycles. The number of carbonyl (C=O) groups excluding carboxylic acids is 2. The van der Waals surface area contributed by atoms with Crippen LogP contribution in [-0.4, -0.2) is 32.4 Å². The summed E-state index contributed by atoms with van der Waals surface area (Å²) in [4.78, 5) is 23.8. The third kappa shape index (κ3) is 3.16. The molecule has 1 heterocycles. The molecule has 0 spiro atoms. The molecule has 9 nitrogen and oxygen atoms in total. The van der Waals surface area contributed by atoms with Crippen molar-refractivity contribution < 1.29 is 15.4 Å². The first-order valence-corrected chi connectivity index (χ1v) is 6.28. The van der Waals surface area contributed by atoms with E-state index in [9.17, 15) is 9.59 Å². The van der Waals surface area contributed by atoms with Gasteiger partial charge < -0.3 is 5.32 Å². The third-order valence-electron chi connectivity index (χ3n) is 2.44. The van der Waals surface area contributed by atoms with E-state index in [1.54, 1.807) is 24.3 Å². The Hall–Kier alpha value is -2.33. The Labute approximate surface area is 121 Å². The van der Waals surface area contributed by atoms with Crippen molar-refractivity contribution in [2.45, 2.75) is 6.04 Å². The van der Waals surface area contributed by atoms with E-state index in [0.717, 1.165) is 4.47 Å². The molecule has 6 N–H and O–H groups in total. The van der Waals surface area contributed by atoms with Crippen molar-refractivity contribution in [3.8, 4) is 0 Å². The standard InChI is InChI=1S/C10H10BrN7O2/c11-6-3-1-5(2-4-6)9(19)13-7(10(20)14-12)8-15-17-18-16-8/h1-4,7H,12H2,(H,13,19)(H,14,20)(H,15,16,17,18)/p+1/t7-/m1/s1. The van der Waals surface area contributed by atoms with Gasteiger partial charge in [-0.1, -0.05) is 21.1 Å². The number of quaternary nitrogens is 1. The van der Waals surface area contributed by atoms with Crippen LogP contribution in [0.3, 0.4) is 0 Å². The number of aromatic nitrogens is 4. The van der Waals surface area contributed by atoms with Crippen LogP contribution in [-0.2, 0) is 4.79 Å². The van der Waals surface area contributed by atoms with Crippen LogP contribution in [0.4, 0.5) is 0 Å². The van der Waals surface area contributed by atoms with Gasteiger partial charge in [-0.15, -0.1) is 10.2 Å². The third-order valence-corrected chi connectivity index (χ3v) is 2.97. The minimum Gasteiger partial charge on any atom is -0.334 e. The molecular weight excluding hydrogens is 330 g/mol. The van der Waals surface area contributed by atoms with Gasteiger partial charge >= 0.3 is 0 Å². The lowest BCUT2D eigenvalue weighted by Gasteiger charge is -2.12. The van der Waals surface area contributed by atoms with Crippen LogP contribution in [0, 0.1) is 0 Å². The van der Waals surface area contributed by atoms with Gasteiger partial charge in [-0.3, -0.25) is 15.4 Å². The van der Waals surface area contributed by atoms with Crippen LogP contribution in [0.5, 0.6) is 0 Å². The molecule has 2 aromatic rings. The Morgan fingerprint density at radius 3 is 2.55 bits per heavy atom. The summed E-state index contributed by atoms with van der Waals surface area (Å²) in [6, 6.07) is 5.62. The smallest absolute Gasteiger partial charge is 0.295 e. The second-order valence-corrected chi connectivity index (χ2v) is 4.64. The molecule has 0 aliphatic carbocycles. The zero-order valence-electron chi connectivity index (χ0n) is 10.1. The average Bonchev–Trinajstić information content (AvgIpc) is 2.98. The van der Waals surface area contributed by atoms with Gasteiger partial charge in [0.15, 0.2) is 6.04 Å². The molecule has 1 aromatic heterocycles. The monoisotopic (exact) mass is 340 g/mol. The summed E-state index contributed by atoms with van der Waals surface area (Å²) < 4.78 is 0.847. The summed E-state index contributed by atoms with van der Waals surface area (Å²) >= 11 is 3.27. The molecule has 0 fully saturated rings. The molecular formula is C10H11BrN7O2+. The largest absolute Gasteiger partial charge is 0.334 e. The Bertz CT molecular complexity index is 599. The second kappa shape index (κ2) is 6.21. The highest BCUT2D eigenvalue weighted by Gasteiger charge is 2.27. The normalized spacial score (nSPS) is 11.7. The molecule has 104 valence electrons. The number of hydrogen-bond donors (Lipinski definition) is 4. The summed E-state index contributed by atoms with van der Waals surface area (Å²) in [5.41, 5.74) is 2.59. The van der Waals surface area contributed by atoms with Gasteiger partial charge in [0.05, 0.1) is 0 Å². The van der Waals surface area contributed by atoms with E-state index < -0.39 is 17.9 Å². The number of aromatic amines is 1. The number of rotatable bonds is 4. The van der Waals surface area contributed by atoms with E-state index >= 15 is 0 Å². The van der Waals surface area contributed by atoms with Gasteiger partial charge in [-0.05, 0) is 24.3 Å². The molecule has 0 aliphatic rings. The maximum atomic E-state index is 12.1. The van der Waals surface area contributed by atoms with Gasteiger partial charge in [-0.2, -0.15) is 5.21 Å². The molecule has 0 radical (unpaired) electrons. The molecule has 0 saturated carbocycles. The van der Waals surface area contributed by atoms with Crippen LogP contribution >= 0.6 is 15.9 Å². The first kappa shape index (κ1) is 14.1. The first-order chi connectivity index (χ1) is 9.61. The van der Waals surface area contributed by atoms with Crippen molar-refractivity contribution in [3.63, 3.8) is 0 Å². The summed E-state index contributed by atoms with van der Waals surface area (Å²) in [7, 11) is 0. The highest BCUT2D eigenvalue weighted by Crippen LogP contribution is 2.12. The predicted octanol–water partition coefficient (Wildman–Crippen LogP) is -1.29. The van der Waals surface area contributed by atoms with E-state index in [4.69, 9.17) is 0 Å². The lowest BCUT2D eigenvalue weighted by atomic mass is 10.2. The zero-order valence-corrected chi connectivity index (χ0v) is 11.7. The van der Waals surface area contributed by atoms with Gasteiger partial charge in [-0.25, -0.2) is 5.43 Å². The molecule has 0 unspecified atom stereocenters. The lowest BCUT2D eigenvalue weighted by Crippen LogP contribution is -2.69. The number of halogens is 1. The molecule has 2 amide bonds.